The van der Waals surface area contributed by atoms with Crippen LogP contribution in [0, 0.1) is 13.8 Å². The molecule has 0 atom stereocenters. The van der Waals surface area contributed by atoms with Crippen molar-refractivity contribution in [2.24, 2.45) is 5.73 Å². The smallest absolute Gasteiger partial charge is 0.256 e. The summed E-state index contributed by atoms with van der Waals surface area (Å²) in [5.74, 6) is -0.691. The van der Waals surface area contributed by atoms with Crippen LogP contribution < -0.4 is 11.1 Å². The SMILES string of the molecule is Cc1cc(C)cc(C(=O)Nc2sc3c(c2C(N)=O)CCN(C)C3)c1. The Kier molecular flexibility index (Phi) is 4.43. The maximum absolute atomic E-state index is 12.6. The van der Waals surface area contributed by atoms with Crippen molar-refractivity contribution in [2.75, 3.05) is 18.9 Å². The lowest BCUT2D eigenvalue weighted by atomic mass is 10.0. The van der Waals surface area contributed by atoms with Crippen molar-refractivity contribution in [1.29, 1.82) is 0 Å². The van der Waals surface area contributed by atoms with Crippen LogP contribution in [0.25, 0.3) is 0 Å². The number of nitrogens with zero attached hydrogens (tertiary/aromatic N) is 1. The highest BCUT2D eigenvalue weighted by molar-refractivity contribution is 7.17. The summed E-state index contributed by atoms with van der Waals surface area (Å²) in [6.07, 6.45) is 0.778. The highest BCUT2D eigenvalue weighted by Crippen LogP contribution is 2.36. The molecule has 0 bridgehead atoms. The molecule has 1 aromatic heterocycles. The predicted octanol–water partition coefficient (Wildman–Crippen LogP) is 2.70. The summed E-state index contributed by atoms with van der Waals surface area (Å²) in [7, 11) is 2.04. The number of fused-ring (bicyclic) bond motifs is 1. The molecule has 6 heteroatoms. The van der Waals surface area contributed by atoms with Gasteiger partial charge in [-0.15, -0.1) is 11.3 Å². The Morgan fingerprint density at radius 1 is 1.21 bits per heavy atom. The summed E-state index contributed by atoms with van der Waals surface area (Å²) >= 11 is 1.45. The van der Waals surface area contributed by atoms with Crippen molar-refractivity contribution in [3.63, 3.8) is 0 Å². The standard InChI is InChI=1S/C18H21N3O2S/c1-10-6-11(2)8-12(7-10)17(23)20-18-15(16(19)22)13-4-5-21(3)9-14(13)24-18/h6-8H,4-5,9H2,1-3H3,(H2,19,22)(H,20,23). The van der Waals surface area contributed by atoms with Gasteiger partial charge in [0.05, 0.1) is 5.56 Å². The van der Waals surface area contributed by atoms with E-state index in [0.29, 0.717) is 16.1 Å². The van der Waals surface area contributed by atoms with E-state index in [0.717, 1.165) is 41.1 Å². The van der Waals surface area contributed by atoms with Gasteiger partial charge in [-0.3, -0.25) is 9.59 Å². The number of likely N-dealkylation sites (N-methyl/N-ethyl adjacent to an activating group) is 1. The number of nitrogens with two attached hydrogens (primary N) is 1. The first-order chi connectivity index (χ1) is 11.3. The molecule has 0 saturated carbocycles. The molecule has 0 spiro atoms. The van der Waals surface area contributed by atoms with Crippen LogP contribution in [0.4, 0.5) is 5.00 Å². The Morgan fingerprint density at radius 2 is 1.88 bits per heavy atom. The van der Waals surface area contributed by atoms with Gasteiger partial charge in [0.1, 0.15) is 5.00 Å². The quantitative estimate of drug-likeness (QED) is 0.900. The van der Waals surface area contributed by atoms with Crippen LogP contribution in [-0.2, 0) is 13.0 Å². The molecule has 24 heavy (non-hydrogen) atoms. The van der Waals surface area contributed by atoms with Crippen molar-refractivity contribution in [1.82, 2.24) is 4.90 Å². The van der Waals surface area contributed by atoms with Gasteiger partial charge in [-0.2, -0.15) is 0 Å². The molecule has 2 aromatic rings. The normalized spacial score (nSPS) is 14.3. The molecule has 0 saturated heterocycles. The third-order valence-corrected chi connectivity index (χ3v) is 5.34. The molecule has 1 aliphatic heterocycles. The third kappa shape index (κ3) is 3.20. The second-order valence-corrected chi connectivity index (χ2v) is 7.50. The highest BCUT2D eigenvalue weighted by atomic mass is 32.1. The van der Waals surface area contributed by atoms with E-state index in [-0.39, 0.29) is 5.91 Å². The average Bonchev–Trinajstić information content (AvgIpc) is 2.83. The molecule has 0 fully saturated rings. The van der Waals surface area contributed by atoms with E-state index >= 15 is 0 Å². The number of amides is 2. The first-order valence-electron chi connectivity index (χ1n) is 7.87. The van der Waals surface area contributed by atoms with Crippen molar-refractivity contribution in [2.45, 2.75) is 26.8 Å². The van der Waals surface area contributed by atoms with Crippen LogP contribution in [0.5, 0.6) is 0 Å². The number of hydrogen-bond acceptors (Lipinski definition) is 4. The lowest BCUT2D eigenvalue weighted by molar-refractivity contribution is 0.1000. The van der Waals surface area contributed by atoms with E-state index in [4.69, 9.17) is 5.73 Å². The monoisotopic (exact) mass is 343 g/mol. The van der Waals surface area contributed by atoms with Crippen LogP contribution in [0.15, 0.2) is 18.2 Å². The number of thiophene rings is 1. The lowest BCUT2D eigenvalue weighted by Gasteiger charge is -2.22. The molecule has 0 radical (unpaired) electrons. The van der Waals surface area contributed by atoms with Crippen molar-refractivity contribution in [3.05, 3.63) is 50.9 Å². The Hall–Kier alpha value is -2.18. The lowest BCUT2D eigenvalue weighted by Crippen LogP contribution is -2.27. The first kappa shape index (κ1) is 16.7. The van der Waals surface area contributed by atoms with E-state index in [9.17, 15) is 9.59 Å². The minimum absolute atomic E-state index is 0.212. The molecular formula is C18H21N3O2S. The Bertz CT molecular complexity index is 806. The van der Waals surface area contributed by atoms with Crippen LogP contribution in [-0.4, -0.2) is 30.3 Å². The summed E-state index contributed by atoms with van der Waals surface area (Å²) in [6, 6.07) is 5.70. The molecular weight excluding hydrogens is 322 g/mol. The maximum Gasteiger partial charge on any atom is 0.256 e. The second-order valence-electron chi connectivity index (χ2n) is 6.39. The number of carbonyl (C=O) groups is 2. The fraction of sp³-hybridized carbons (Fsp3) is 0.333. The molecule has 126 valence electrons. The number of aryl methyl sites for hydroxylation is 2. The maximum atomic E-state index is 12.6. The Morgan fingerprint density at radius 3 is 2.50 bits per heavy atom. The summed E-state index contributed by atoms with van der Waals surface area (Å²) in [5, 5.41) is 3.46. The summed E-state index contributed by atoms with van der Waals surface area (Å²) in [6.45, 7) is 5.57. The molecule has 5 nitrogen and oxygen atoms in total. The van der Waals surface area contributed by atoms with Gasteiger partial charge >= 0.3 is 0 Å². The third-order valence-electron chi connectivity index (χ3n) is 4.21. The summed E-state index contributed by atoms with van der Waals surface area (Å²) in [4.78, 5) is 27.8. The Labute approximate surface area is 145 Å². The average molecular weight is 343 g/mol. The van der Waals surface area contributed by atoms with Gasteiger partial charge in [0.15, 0.2) is 0 Å². The predicted molar refractivity (Wildman–Crippen MR) is 96.7 cm³/mol. The minimum atomic E-state index is -0.479. The van der Waals surface area contributed by atoms with Crippen molar-refractivity contribution in [3.8, 4) is 0 Å². The van der Waals surface area contributed by atoms with Crippen LogP contribution in [0.1, 0.15) is 42.3 Å². The van der Waals surface area contributed by atoms with Crippen LogP contribution in [0.3, 0.4) is 0 Å². The molecule has 3 N–H and O–H groups in total. The van der Waals surface area contributed by atoms with Crippen molar-refractivity contribution < 1.29 is 9.59 Å². The van der Waals surface area contributed by atoms with Crippen LogP contribution in [0.2, 0.25) is 0 Å². The van der Waals surface area contributed by atoms with Crippen molar-refractivity contribution >= 4 is 28.2 Å². The fourth-order valence-corrected chi connectivity index (χ4v) is 4.49. The van der Waals surface area contributed by atoms with Gasteiger partial charge in [-0.1, -0.05) is 17.2 Å². The number of primary amides is 1. The van der Waals surface area contributed by atoms with Gasteiger partial charge in [-0.05, 0) is 45.0 Å². The van der Waals surface area contributed by atoms with Gasteiger partial charge in [0, 0.05) is 23.5 Å². The molecule has 1 aromatic carbocycles. The fourth-order valence-electron chi connectivity index (χ4n) is 3.16. The molecule has 1 aliphatic rings. The molecule has 3 rings (SSSR count). The van der Waals surface area contributed by atoms with Crippen LogP contribution >= 0.6 is 11.3 Å². The van der Waals surface area contributed by atoms with E-state index in [1.807, 2.05) is 39.1 Å². The zero-order valence-electron chi connectivity index (χ0n) is 14.1. The van der Waals surface area contributed by atoms with E-state index in [1.54, 1.807) is 0 Å². The molecule has 2 amide bonds. The number of benzene rings is 1. The molecule has 2 heterocycles. The number of hydrogen-bond donors (Lipinski definition) is 2. The van der Waals surface area contributed by atoms with Gasteiger partial charge < -0.3 is 16.0 Å². The summed E-state index contributed by atoms with van der Waals surface area (Å²) < 4.78 is 0. The van der Waals surface area contributed by atoms with E-state index in [2.05, 4.69) is 10.2 Å². The largest absolute Gasteiger partial charge is 0.365 e. The zero-order valence-corrected chi connectivity index (χ0v) is 14.9. The van der Waals surface area contributed by atoms with E-state index in [1.165, 1.54) is 11.3 Å². The second kappa shape index (κ2) is 6.37. The Balaban J connectivity index is 1.95. The summed E-state index contributed by atoms with van der Waals surface area (Å²) in [5.41, 5.74) is 9.69. The van der Waals surface area contributed by atoms with Gasteiger partial charge in [0.2, 0.25) is 0 Å². The molecule has 0 unspecified atom stereocenters. The number of carbonyl (C=O) groups excluding carboxylic acids is 2. The minimum Gasteiger partial charge on any atom is -0.365 e. The zero-order chi connectivity index (χ0) is 17.4. The number of nitrogens with one attached hydrogen (secondary N) is 1. The highest BCUT2D eigenvalue weighted by Gasteiger charge is 2.26. The topological polar surface area (TPSA) is 75.4 Å². The number of anilines is 1. The van der Waals surface area contributed by atoms with E-state index < -0.39 is 5.91 Å². The van der Waals surface area contributed by atoms with Gasteiger partial charge in [-0.25, -0.2) is 0 Å². The first-order valence-corrected chi connectivity index (χ1v) is 8.69. The van der Waals surface area contributed by atoms with Gasteiger partial charge in [0.25, 0.3) is 11.8 Å². The molecule has 0 aliphatic carbocycles. The number of rotatable bonds is 3.